The van der Waals surface area contributed by atoms with Crippen molar-refractivity contribution in [2.24, 2.45) is 14.1 Å². The molecule has 0 saturated heterocycles. The quantitative estimate of drug-likeness (QED) is 0.0429. The minimum absolute atomic E-state index is 0.209. The van der Waals surface area contributed by atoms with Crippen molar-refractivity contribution in [2.45, 2.75) is 38.5 Å². The van der Waals surface area contributed by atoms with Crippen LogP contribution in [0, 0.1) is 0 Å². The zero-order valence-corrected chi connectivity index (χ0v) is 35.4. The number of rotatable bonds is 23. The largest absolute Gasteiger partial charge is 0.375 e. The molecule has 0 aliphatic rings. The number of hydrogen-bond acceptors (Lipinski definition) is 6. The molecule has 0 fully saturated rings. The summed E-state index contributed by atoms with van der Waals surface area (Å²) < 4.78 is 4.08. The molecule has 4 rings (SSSR count). The molecule has 294 valence electrons. The maximum Gasteiger partial charge on any atom is 0.222 e. The molecule has 0 N–H and O–H groups in total. The first-order valence-electron chi connectivity index (χ1n) is 19.4. The van der Waals surface area contributed by atoms with Crippen LogP contribution in [-0.2, 0) is 23.7 Å². The number of hydrogen-bond donors (Lipinski definition) is 0. The minimum atomic E-state index is 0.209. The van der Waals surface area contributed by atoms with E-state index in [9.17, 15) is 9.59 Å². The lowest BCUT2D eigenvalue weighted by atomic mass is 10.1. The average Bonchev–Trinajstić information content (AvgIpc) is 3.62. The topological polar surface area (TPSA) is 55.9 Å². The molecule has 0 radical (unpaired) electrons. The predicted molar refractivity (Wildman–Crippen MR) is 238 cm³/mol. The molecule has 0 atom stereocenters. The van der Waals surface area contributed by atoms with Crippen molar-refractivity contribution in [1.82, 2.24) is 14.4 Å². The van der Waals surface area contributed by atoms with Gasteiger partial charge in [-0.05, 0) is 78.3 Å². The zero-order valence-electron chi connectivity index (χ0n) is 33.8. The Balaban J connectivity index is 0.979. The van der Waals surface area contributed by atoms with Gasteiger partial charge in [-0.25, -0.2) is 4.57 Å². The first kappa shape index (κ1) is 43.3. The van der Waals surface area contributed by atoms with E-state index in [0.717, 1.165) is 63.4 Å². The first-order chi connectivity index (χ1) is 26.6. The third-order valence-electron chi connectivity index (χ3n) is 9.61. The molecule has 8 nitrogen and oxygen atoms in total. The Morgan fingerprint density at radius 2 is 1.00 bits per heavy atom. The summed E-state index contributed by atoms with van der Waals surface area (Å²) in [5.74, 6) is 2.30. The van der Waals surface area contributed by atoms with E-state index in [1.807, 2.05) is 76.5 Å². The highest BCUT2D eigenvalue weighted by Gasteiger charge is 2.11. The van der Waals surface area contributed by atoms with Gasteiger partial charge in [0, 0.05) is 122 Å². The fraction of sp³-hybridized carbons (Fsp3) is 0.400. The summed E-state index contributed by atoms with van der Waals surface area (Å²) in [4.78, 5) is 33.6. The molecule has 0 unspecified atom stereocenters. The van der Waals surface area contributed by atoms with E-state index in [1.165, 1.54) is 33.6 Å². The maximum atomic E-state index is 12.7. The van der Waals surface area contributed by atoms with E-state index < -0.39 is 0 Å². The Labute approximate surface area is 338 Å². The Kier molecular flexibility index (Phi) is 18.5. The molecule has 0 aliphatic heterocycles. The average molecular weight is 782 g/mol. The van der Waals surface area contributed by atoms with Crippen LogP contribution in [0.2, 0.25) is 0 Å². The van der Waals surface area contributed by atoms with Gasteiger partial charge in [0.1, 0.15) is 7.05 Å². The van der Waals surface area contributed by atoms with Gasteiger partial charge in [0.05, 0.1) is 0 Å². The molecule has 0 spiro atoms. The highest BCUT2D eigenvalue weighted by molar-refractivity contribution is 8.76. The number of benzene rings is 2. The molecular weight excluding hydrogens is 721 g/mol. The number of carbonyl (C=O) groups is 2. The fourth-order valence-electron chi connectivity index (χ4n) is 5.97. The smallest absolute Gasteiger partial charge is 0.222 e. The Morgan fingerprint density at radius 3 is 1.42 bits per heavy atom. The molecule has 0 saturated carbocycles. The first-order valence-corrected chi connectivity index (χ1v) is 21.8. The second-order valence-electron chi connectivity index (χ2n) is 14.3. The van der Waals surface area contributed by atoms with E-state index in [1.54, 1.807) is 10.8 Å². The van der Waals surface area contributed by atoms with Crippen molar-refractivity contribution in [3.05, 3.63) is 114 Å². The molecule has 0 aliphatic carbocycles. The van der Waals surface area contributed by atoms with Gasteiger partial charge in [0.2, 0.25) is 11.8 Å². The van der Waals surface area contributed by atoms with Gasteiger partial charge in [-0.2, -0.15) is 0 Å². The van der Waals surface area contributed by atoms with Crippen LogP contribution in [-0.4, -0.2) is 92.1 Å². The number of anilines is 2. The third-order valence-corrected chi connectivity index (χ3v) is 12.2. The minimum Gasteiger partial charge on any atom is -0.375 e. The van der Waals surface area contributed by atoms with Gasteiger partial charge in [0.25, 0.3) is 0 Å². The number of amides is 2. The maximum absolute atomic E-state index is 12.7. The number of pyridine rings is 1. The number of aryl methyl sites for hydroxylation is 2. The monoisotopic (exact) mass is 781 g/mol. The molecule has 2 aromatic heterocycles. The molecular formula is C45H61N6O2S2+. The molecule has 2 aromatic carbocycles. The third kappa shape index (κ3) is 16.1. The van der Waals surface area contributed by atoms with Crippen LogP contribution < -0.4 is 14.4 Å². The Hall–Kier alpha value is -4.41. The normalized spacial score (nSPS) is 11.4. The van der Waals surface area contributed by atoms with Crippen molar-refractivity contribution in [1.29, 1.82) is 0 Å². The summed E-state index contributed by atoms with van der Waals surface area (Å²) in [6.07, 6.45) is 21.5. The van der Waals surface area contributed by atoms with Crippen LogP contribution in [0.25, 0.3) is 24.3 Å². The van der Waals surface area contributed by atoms with Crippen LogP contribution in [0.4, 0.5) is 11.4 Å². The van der Waals surface area contributed by atoms with Crippen LogP contribution in [0.3, 0.4) is 0 Å². The van der Waals surface area contributed by atoms with E-state index in [4.69, 9.17) is 0 Å². The SMILES string of the molecule is CN(CCCN(C)c1ccc(/C=C/c2cc[n+](C)cc2)cc1)C(=O)CCCSSCCCC(=O)N(C)CCCN(C)c1ccc(/C=C/c2ccn(C)c2)cc1. The van der Waals surface area contributed by atoms with Crippen molar-refractivity contribution in [3.8, 4) is 0 Å². The summed E-state index contributed by atoms with van der Waals surface area (Å²) in [7, 11) is 15.7. The molecule has 10 heteroatoms. The lowest BCUT2D eigenvalue weighted by Gasteiger charge is -2.22. The van der Waals surface area contributed by atoms with Gasteiger partial charge in [0.15, 0.2) is 12.4 Å². The van der Waals surface area contributed by atoms with Crippen LogP contribution >= 0.6 is 21.6 Å². The van der Waals surface area contributed by atoms with Crippen molar-refractivity contribution in [3.63, 3.8) is 0 Å². The van der Waals surface area contributed by atoms with E-state index in [-0.39, 0.29) is 11.8 Å². The zero-order chi connectivity index (χ0) is 39.4. The lowest BCUT2D eigenvalue weighted by Crippen LogP contribution is -2.30. The van der Waals surface area contributed by atoms with Gasteiger partial charge >= 0.3 is 0 Å². The number of carbonyl (C=O) groups excluding carboxylic acids is 2. The molecule has 55 heavy (non-hydrogen) atoms. The van der Waals surface area contributed by atoms with Gasteiger partial charge < -0.3 is 24.2 Å². The second-order valence-corrected chi connectivity index (χ2v) is 17.0. The number of nitrogens with zero attached hydrogens (tertiary/aromatic N) is 6. The van der Waals surface area contributed by atoms with E-state index in [0.29, 0.717) is 12.8 Å². The lowest BCUT2D eigenvalue weighted by molar-refractivity contribution is -0.671. The molecule has 0 bridgehead atoms. The summed E-state index contributed by atoms with van der Waals surface area (Å²) >= 11 is 0. The van der Waals surface area contributed by atoms with Crippen molar-refractivity contribution >= 4 is 69.1 Å². The van der Waals surface area contributed by atoms with E-state index >= 15 is 0 Å². The Morgan fingerprint density at radius 1 is 0.582 bits per heavy atom. The van der Waals surface area contributed by atoms with Crippen LogP contribution in [0.5, 0.6) is 0 Å². The van der Waals surface area contributed by atoms with E-state index in [2.05, 4.69) is 121 Å². The van der Waals surface area contributed by atoms with Gasteiger partial charge in [-0.1, -0.05) is 70.2 Å². The van der Waals surface area contributed by atoms with Crippen molar-refractivity contribution < 1.29 is 14.2 Å². The van der Waals surface area contributed by atoms with Crippen molar-refractivity contribution in [2.75, 3.05) is 75.7 Å². The summed E-state index contributed by atoms with van der Waals surface area (Å²) in [6, 6.07) is 23.5. The second kappa shape index (κ2) is 23.5. The summed E-state index contributed by atoms with van der Waals surface area (Å²) in [6.45, 7) is 3.28. The standard InChI is InChI=1S/C45H61N6O2S2/c1-46-32-25-40(26-33-46)14-13-38-17-21-42(22-18-38)48(3)28-9-30-50(5)44(52)11-7-35-54-55-36-8-12-45(53)51(6)31-10-29-49(4)43-23-19-39(20-24-43)15-16-41-27-34-47(2)37-41/h13-27,32-34,37H,7-12,28-31,35-36H2,1-6H3/q+1/b16-15+. The highest BCUT2D eigenvalue weighted by atomic mass is 33.1. The highest BCUT2D eigenvalue weighted by Crippen LogP contribution is 2.24. The fourth-order valence-corrected chi connectivity index (χ4v) is 8.15. The number of aromatic nitrogens is 2. The van der Waals surface area contributed by atoms with Gasteiger partial charge in [-0.15, -0.1) is 0 Å². The van der Waals surface area contributed by atoms with Crippen LogP contribution in [0.1, 0.15) is 60.8 Å². The van der Waals surface area contributed by atoms with Crippen LogP contribution in [0.15, 0.2) is 91.5 Å². The molecule has 2 heterocycles. The predicted octanol–water partition coefficient (Wildman–Crippen LogP) is 8.40. The summed E-state index contributed by atoms with van der Waals surface area (Å²) in [5, 5.41) is 0. The van der Waals surface area contributed by atoms with Gasteiger partial charge in [-0.3, -0.25) is 9.59 Å². The molecule has 4 aromatic rings. The molecule has 2 amide bonds. The summed E-state index contributed by atoms with van der Waals surface area (Å²) in [5.41, 5.74) is 7.06. The Bertz CT molecular complexity index is 1790.